The van der Waals surface area contributed by atoms with Gasteiger partial charge in [-0.15, -0.1) is 0 Å². The third-order valence-electron chi connectivity index (χ3n) is 3.93. The Morgan fingerprint density at radius 1 is 1.42 bits per heavy atom. The summed E-state index contributed by atoms with van der Waals surface area (Å²) in [6.45, 7) is -0.149. The molecule has 7 heteroatoms. The molecule has 2 rings (SSSR count). The highest BCUT2D eigenvalue weighted by atomic mass is 19.3. The molecule has 1 aliphatic heterocycles. The predicted octanol–water partition coefficient (Wildman–Crippen LogP) is 2.70. The van der Waals surface area contributed by atoms with E-state index in [4.69, 9.17) is 0 Å². The number of amides is 2. The van der Waals surface area contributed by atoms with Crippen molar-refractivity contribution < 1.29 is 23.1 Å². The molecule has 1 atom stereocenters. The van der Waals surface area contributed by atoms with Crippen LogP contribution in [0, 0.1) is 0 Å². The van der Waals surface area contributed by atoms with Crippen molar-refractivity contribution in [3.8, 4) is 5.75 Å². The van der Waals surface area contributed by atoms with Crippen LogP contribution in [-0.4, -0.2) is 35.9 Å². The Balaban J connectivity index is 1.91. The zero-order valence-electron chi connectivity index (χ0n) is 13.6. The molecule has 0 unspecified atom stereocenters. The molecule has 0 aliphatic carbocycles. The molecular formula is C17H22F2N2O3. The van der Waals surface area contributed by atoms with Crippen molar-refractivity contribution in [3.05, 3.63) is 29.8 Å². The van der Waals surface area contributed by atoms with E-state index in [1.807, 2.05) is 6.92 Å². The van der Waals surface area contributed by atoms with Crippen molar-refractivity contribution in [2.75, 3.05) is 6.54 Å². The van der Waals surface area contributed by atoms with Gasteiger partial charge in [0.05, 0.1) is 0 Å². The van der Waals surface area contributed by atoms with Gasteiger partial charge in [0.15, 0.2) is 0 Å². The van der Waals surface area contributed by atoms with Gasteiger partial charge in [0.1, 0.15) is 11.8 Å². The van der Waals surface area contributed by atoms with Gasteiger partial charge in [-0.05, 0) is 37.0 Å². The lowest BCUT2D eigenvalue weighted by Crippen LogP contribution is -2.45. The number of hydrogen-bond donors (Lipinski definition) is 1. The Morgan fingerprint density at radius 3 is 2.92 bits per heavy atom. The molecule has 0 aromatic heterocycles. The Labute approximate surface area is 140 Å². The van der Waals surface area contributed by atoms with E-state index in [9.17, 15) is 18.4 Å². The van der Waals surface area contributed by atoms with Gasteiger partial charge in [0.25, 0.3) is 0 Å². The van der Waals surface area contributed by atoms with Crippen molar-refractivity contribution in [3.63, 3.8) is 0 Å². The van der Waals surface area contributed by atoms with Gasteiger partial charge in [0.2, 0.25) is 11.8 Å². The first-order valence-electron chi connectivity index (χ1n) is 8.12. The minimum absolute atomic E-state index is 0.00230. The van der Waals surface area contributed by atoms with Gasteiger partial charge in [-0.2, -0.15) is 8.78 Å². The van der Waals surface area contributed by atoms with Crippen LogP contribution in [0.2, 0.25) is 0 Å². The van der Waals surface area contributed by atoms with E-state index in [0.717, 1.165) is 12.8 Å². The fraction of sp³-hybridized carbons (Fsp3) is 0.529. The van der Waals surface area contributed by atoms with Gasteiger partial charge in [-0.25, -0.2) is 0 Å². The standard InChI is InChI=1S/C17H22F2N2O3/c1-2-5-15(22)21-9-4-8-14(21)16(23)20-11-12-6-3-7-13(10-12)24-17(18)19/h3,6-7,10,14,17H,2,4-5,8-9,11H2,1H3,(H,20,23)/t14-/m1/s1. The summed E-state index contributed by atoms with van der Waals surface area (Å²) in [4.78, 5) is 26.0. The topological polar surface area (TPSA) is 58.6 Å². The van der Waals surface area contributed by atoms with Crippen LogP contribution in [0.15, 0.2) is 24.3 Å². The van der Waals surface area contributed by atoms with Gasteiger partial charge < -0.3 is 15.0 Å². The maximum Gasteiger partial charge on any atom is 0.387 e. The van der Waals surface area contributed by atoms with Crippen molar-refractivity contribution in [2.24, 2.45) is 0 Å². The molecule has 24 heavy (non-hydrogen) atoms. The minimum atomic E-state index is -2.88. The average molecular weight is 340 g/mol. The molecule has 1 heterocycles. The number of carbonyl (C=O) groups is 2. The van der Waals surface area contributed by atoms with Gasteiger partial charge in [-0.1, -0.05) is 19.1 Å². The molecule has 0 saturated carbocycles. The molecule has 2 amide bonds. The van der Waals surface area contributed by atoms with E-state index in [1.54, 1.807) is 17.0 Å². The highest BCUT2D eigenvalue weighted by Gasteiger charge is 2.33. The fourth-order valence-corrected chi connectivity index (χ4v) is 2.83. The first kappa shape index (κ1) is 18.2. The molecular weight excluding hydrogens is 318 g/mol. The average Bonchev–Trinajstić information content (AvgIpc) is 3.02. The number of hydrogen-bond acceptors (Lipinski definition) is 3. The largest absolute Gasteiger partial charge is 0.435 e. The summed E-state index contributed by atoms with van der Waals surface area (Å²) in [5.41, 5.74) is 0.658. The van der Waals surface area contributed by atoms with Crippen LogP contribution in [0.3, 0.4) is 0 Å². The number of nitrogens with zero attached hydrogens (tertiary/aromatic N) is 1. The normalized spacial score (nSPS) is 17.2. The molecule has 0 radical (unpaired) electrons. The van der Waals surface area contributed by atoms with E-state index < -0.39 is 12.7 Å². The molecule has 1 saturated heterocycles. The zero-order chi connectivity index (χ0) is 17.5. The molecule has 1 aromatic rings. The van der Waals surface area contributed by atoms with Crippen LogP contribution in [-0.2, 0) is 16.1 Å². The second kappa shape index (κ2) is 8.61. The van der Waals surface area contributed by atoms with E-state index >= 15 is 0 Å². The third-order valence-corrected chi connectivity index (χ3v) is 3.93. The molecule has 5 nitrogen and oxygen atoms in total. The third kappa shape index (κ3) is 4.91. The van der Waals surface area contributed by atoms with E-state index in [2.05, 4.69) is 10.1 Å². The molecule has 1 aliphatic rings. The Bertz CT molecular complexity index is 581. The second-order valence-electron chi connectivity index (χ2n) is 5.74. The zero-order valence-corrected chi connectivity index (χ0v) is 13.6. The number of halogens is 2. The van der Waals surface area contributed by atoms with Crippen molar-refractivity contribution in [1.82, 2.24) is 10.2 Å². The molecule has 0 spiro atoms. The summed E-state index contributed by atoms with van der Waals surface area (Å²) >= 11 is 0. The number of benzene rings is 1. The number of carbonyl (C=O) groups excluding carboxylic acids is 2. The first-order valence-corrected chi connectivity index (χ1v) is 8.12. The predicted molar refractivity (Wildman–Crippen MR) is 84.6 cm³/mol. The molecule has 132 valence electrons. The summed E-state index contributed by atoms with van der Waals surface area (Å²) in [5.74, 6) is -0.156. The maximum atomic E-state index is 12.3. The monoisotopic (exact) mass is 340 g/mol. The minimum Gasteiger partial charge on any atom is -0.435 e. The second-order valence-corrected chi connectivity index (χ2v) is 5.74. The van der Waals surface area contributed by atoms with Crippen LogP contribution < -0.4 is 10.1 Å². The number of nitrogens with one attached hydrogen (secondary N) is 1. The lowest BCUT2D eigenvalue weighted by Gasteiger charge is -2.24. The van der Waals surface area contributed by atoms with Crippen LogP contribution in [0.5, 0.6) is 5.75 Å². The first-order chi connectivity index (χ1) is 11.5. The Hall–Kier alpha value is -2.18. The summed E-state index contributed by atoms with van der Waals surface area (Å²) in [6.07, 6.45) is 2.65. The summed E-state index contributed by atoms with van der Waals surface area (Å²) in [7, 11) is 0. The fourth-order valence-electron chi connectivity index (χ4n) is 2.83. The van der Waals surface area contributed by atoms with Crippen LogP contribution >= 0.6 is 0 Å². The smallest absolute Gasteiger partial charge is 0.387 e. The van der Waals surface area contributed by atoms with Crippen molar-refractivity contribution in [1.29, 1.82) is 0 Å². The SMILES string of the molecule is CCCC(=O)N1CCC[C@@H]1C(=O)NCc1cccc(OC(F)F)c1. The quantitative estimate of drug-likeness (QED) is 0.830. The summed E-state index contributed by atoms with van der Waals surface area (Å²) in [5, 5.41) is 2.77. The number of likely N-dealkylation sites (tertiary alicyclic amines) is 1. The maximum absolute atomic E-state index is 12.3. The number of rotatable bonds is 7. The highest BCUT2D eigenvalue weighted by Crippen LogP contribution is 2.20. The van der Waals surface area contributed by atoms with E-state index in [0.29, 0.717) is 24.9 Å². The number of alkyl halides is 2. The molecule has 0 bridgehead atoms. The van der Waals surface area contributed by atoms with E-state index in [-0.39, 0.29) is 24.1 Å². The lowest BCUT2D eigenvalue weighted by atomic mass is 10.1. The Morgan fingerprint density at radius 2 is 2.21 bits per heavy atom. The van der Waals surface area contributed by atoms with Gasteiger partial charge >= 0.3 is 6.61 Å². The summed E-state index contributed by atoms with van der Waals surface area (Å²) < 4.78 is 28.8. The summed E-state index contributed by atoms with van der Waals surface area (Å²) in [6, 6.07) is 5.75. The lowest BCUT2D eigenvalue weighted by molar-refractivity contribution is -0.138. The molecule has 1 fully saturated rings. The molecule has 1 N–H and O–H groups in total. The van der Waals surface area contributed by atoms with Crippen LogP contribution in [0.4, 0.5) is 8.78 Å². The van der Waals surface area contributed by atoms with Crippen LogP contribution in [0.25, 0.3) is 0 Å². The van der Waals surface area contributed by atoms with Crippen LogP contribution in [0.1, 0.15) is 38.2 Å². The Kier molecular flexibility index (Phi) is 6.52. The van der Waals surface area contributed by atoms with E-state index in [1.165, 1.54) is 12.1 Å². The highest BCUT2D eigenvalue weighted by molar-refractivity contribution is 5.88. The molecule has 1 aromatic carbocycles. The van der Waals surface area contributed by atoms with Gasteiger partial charge in [0, 0.05) is 19.5 Å². The van der Waals surface area contributed by atoms with Gasteiger partial charge in [-0.3, -0.25) is 9.59 Å². The van der Waals surface area contributed by atoms with Crippen molar-refractivity contribution in [2.45, 2.75) is 51.8 Å². The number of ether oxygens (including phenoxy) is 1. The van der Waals surface area contributed by atoms with Crippen molar-refractivity contribution >= 4 is 11.8 Å².